The first-order valence-corrected chi connectivity index (χ1v) is 7.96. The Morgan fingerprint density at radius 3 is 2.55 bits per heavy atom. The number of ether oxygens (including phenoxy) is 1. The van der Waals surface area contributed by atoms with Crippen molar-refractivity contribution in [3.05, 3.63) is 34.7 Å². The van der Waals surface area contributed by atoms with Crippen LogP contribution in [0.5, 0.6) is 5.75 Å². The van der Waals surface area contributed by atoms with E-state index in [1.807, 2.05) is 38.1 Å². The molecule has 4 heteroatoms. The molecule has 1 atom stereocenters. The van der Waals surface area contributed by atoms with Crippen LogP contribution in [0.1, 0.15) is 44.7 Å². The molecule has 0 aliphatic carbocycles. The number of rotatable bonds is 6. The summed E-state index contributed by atoms with van der Waals surface area (Å²) < 4.78 is 5.64. The minimum Gasteiger partial charge on any atom is -0.491 e. The summed E-state index contributed by atoms with van der Waals surface area (Å²) >= 11 is 1.64. The molecule has 0 saturated carbocycles. The second-order valence-corrected chi connectivity index (χ2v) is 6.05. The van der Waals surface area contributed by atoms with Crippen LogP contribution in [0, 0.1) is 0 Å². The Labute approximate surface area is 124 Å². The van der Waals surface area contributed by atoms with Gasteiger partial charge in [-0.3, -0.25) is 0 Å². The molecule has 108 valence electrons. The number of benzene rings is 1. The SMILES string of the molecule is CCCC(N)c1nc(-c2ccc(OC(C)C)cc2)cs1. The van der Waals surface area contributed by atoms with Crippen LogP contribution in [-0.2, 0) is 0 Å². The zero-order valence-electron chi connectivity index (χ0n) is 12.3. The number of thiazole rings is 1. The highest BCUT2D eigenvalue weighted by Crippen LogP contribution is 2.27. The fourth-order valence-electron chi connectivity index (χ4n) is 2.00. The molecule has 0 spiro atoms. The summed E-state index contributed by atoms with van der Waals surface area (Å²) in [5.74, 6) is 0.891. The van der Waals surface area contributed by atoms with Crippen LogP contribution in [0.2, 0.25) is 0 Å². The average molecular weight is 290 g/mol. The Hall–Kier alpha value is -1.39. The van der Waals surface area contributed by atoms with Crippen LogP contribution in [0.3, 0.4) is 0 Å². The maximum Gasteiger partial charge on any atom is 0.119 e. The van der Waals surface area contributed by atoms with E-state index in [1.165, 1.54) is 0 Å². The molecule has 0 fully saturated rings. The van der Waals surface area contributed by atoms with Crippen LogP contribution in [-0.4, -0.2) is 11.1 Å². The van der Waals surface area contributed by atoms with Crippen molar-refractivity contribution in [1.82, 2.24) is 4.98 Å². The fourth-order valence-corrected chi connectivity index (χ4v) is 2.87. The van der Waals surface area contributed by atoms with Crippen LogP contribution in [0.4, 0.5) is 0 Å². The van der Waals surface area contributed by atoms with Gasteiger partial charge in [-0.25, -0.2) is 4.98 Å². The maximum absolute atomic E-state index is 6.10. The molecule has 1 heterocycles. The molecule has 0 saturated heterocycles. The summed E-state index contributed by atoms with van der Waals surface area (Å²) in [6, 6.07) is 8.12. The third kappa shape index (κ3) is 3.81. The Balaban J connectivity index is 2.11. The predicted octanol–water partition coefficient (Wildman–Crippen LogP) is 4.40. The van der Waals surface area contributed by atoms with E-state index in [2.05, 4.69) is 17.3 Å². The van der Waals surface area contributed by atoms with Gasteiger partial charge in [0.05, 0.1) is 17.8 Å². The lowest BCUT2D eigenvalue weighted by atomic mass is 10.1. The lowest BCUT2D eigenvalue weighted by molar-refractivity contribution is 0.242. The normalized spacial score (nSPS) is 12.7. The van der Waals surface area contributed by atoms with E-state index < -0.39 is 0 Å². The second kappa shape index (κ2) is 6.86. The molecule has 1 aromatic carbocycles. The van der Waals surface area contributed by atoms with E-state index in [0.29, 0.717) is 0 Å². The van der Waals surface area contributed by atoms with E-state index >= 15 is 0 Å². The molecular formula is C16H22N2OS. The minimum atomic E-state index is 0.0577. The van der Waals surface area contributed by atoms with Crippen molar-refractivity contribution in [2.45, 2.75) is 45.8 Å². The number of hydrogen-bond acceptors (Lipinski definition) is 4. The first-order chi connectivity index (χ1) is 9.60. The highest BCUT2D eigenvalue weighted by Gasteiger charge is 2.11. The molecule has 3 nitrogen and oxygen atoms in total. The largest absolute Gasteiger partial charge is 0.491 e. The van der Waals surface area contributed by atoms with Crippen molar-refractivity contribution >= 4 is 11.3 Å². The topological polar surface area (TPSA) is 48.1 Å². The molecule has 20 heavy (non-hydrogen) atoms. The summed E-state index contributed by atoms with van der Waals surface area (Å²) in [7, 11) is 0. The zero-order chi connectivity index (χ0) is 14.5. The van der Waals surface area contributed by atoms with Gasteiger partial charge in [0.2, 0.25) is 0 Å². The Bertz CT molecular complexity index is 534. The van der Waals surface area contributed by atoms with Gasteiger partial charge in [-0.05, 0) is 44.5 Å². The van der Waals surface area contributed by atoms with E-state index in [0.717, 1.165) is 34.9 Å². The van der Waals surface area contributed by atoms with Crippen LogP contribution < -0.4 is 10.5 Å². The van der Waals surface area contributed by atoms with Gasteiger partial charge >= 0.3 is 0 Å². The molecule has 2 aromatic rings. The van der Waals surface area contributed by atoms with Crippen molar-refractivity contribution in [1.29, 1.82) is 0 Å². The predicted molar refractivity (Wildman–Crippen MR) is 85.2 cm³/mol. The molecule has 0 amide bonds. The molecule has 0 aliphatic rings. The highest BCUT2D eigenvalue weighted by molar-refractivity contribution is 7.10. The first-order valence-electron chi connectivity index (χ1n) is 7.08. The molecule has 1 unspecified atom stereocenters. The lowest BCUT2D eigenvalue weighted by Crippen LogP contribution is -2.09. The van der Waals surface area contributed by atoms with Gasteiger partial charge in [-0.15, -0.1) is 11.3 Å². The van der Waals surface area contributed by atoms with Gasteiger partial charge in [0, 0.05) is 10.9 Å². The van der Waals surface area contributed by atoms with Crippen molar-refractivity contribution in [2.75, 3.05) is 0 Å². The lowest BCUT2D eigenvalue weighted by Gasteiger charge is -2.09. The molecule has 0 bridgehead atoms. The first kappa shape index (κ1) is 15.0. The summed E-state index contributed by atoms with van der Waals surface area (Å²) in [5, 5.41) is 3.09. The van der Waals surface area contributed by atoms with E-state index in [4.69, 9.17) is 10.5 Å². The van der Waals surface area contributed by atoms with Gasteiger partial charge in [-0.2, -0.15) is 0 Å². The van der Waals surface area contributed by atoms with Gasteiger partial charge < -0.3 is 10.5 Å². The van der Waals surface area contributed by atoms with Gasteiger partial charge in [0.25, 0.3) is 0 Å². The van der Waals surface area contributed by atoms with Crippen LogP contribution >= 0.6 is 11.3 Å². The van der Waals surface area contributed by atoms with Crippen molar-refractivity contribution in [3.8, 4) is 17.0 Å². The summed E-state index contributed by atoms with van der Waals surface area (Å²) in [6.45, 7) is 6.19. The minimum absolute atomic E-state index is 0.0577. The Morgan fingerprint density at radius 1 is 1.25 bits per heavy atom. The van der Waals surface area contributed by atoms with Crippen molar-refractivity contribution in [2.24, 2.45) is 5.73 Å². The number of hydrogen-bond donors (Lipinski definition) is 1. The molecule has 1 aromatic heterocycles. The van der Waals surface area contributed by atoms with Gasteiger partial charge in [-0.1, -0.05) is 13.3 Å². The second-order valence-electron chi connectivity index (χ2n) is 5.16. The Morgan fingerprint density at radius 2 is 1.95 bits per heavy atom. The fraction of sp³-hybridized carbons (Fsp3) is 0.438. The molecule has 0 radical (unpaired) electrons. The number of aromatic nitrogens is 1. The van der Waals surface area contributed by atoms with Crippen molar-refractivity contribution in [3.63, 3.8) is 0 Å². The summed E-state index contributed by atoms with van der Waals surface area (Å²) in [6.07, 6.45) is 2.25. The quantitative estimate of drug-likeness (QED) is 0.858. The number of nitrogens with two attached hydrogens (primary N) is 1. The Kier molecular flexibility index (Phi) is 5.15. The summed E-state index contributed by atoms with van der Waals surface area (Å²) in [4.78, 5) is 4.64. The molecule has 2 rings (SSSR count). The number of nitrogens with zero attached hydrogens (tertiary/aromatic N) is 1. The monoisotopic (exact) mass is 290 g/mol. The highest BCUT2D eigenvalue weighted by atomic mass is 32.1. The van der Waals surface area contributed by atoms with Crippen LogP contribution in [0.25, 0.3) is 11.3 Å². The third-order valence-electron chi connectivity index (χ3n) is 2.96. The molecule has 0 aliphatic heterocycles. The van der Waals surface area contributed by atoms with E-state index in [9.17, 15) is 0 Å². The standard InChI is InChI=1S/C16H22N2OS/c1-4-5-14(17)16-18-15(10-20-16)12-6-8-13(9-7-12)19-11(2)3/h6-11,14H,4-5,17H2,1-3H3. The van der Waals surface area contributed by atoms with Gasteiger partial charge in [0.1, 0.15) is 10.8 Å². The van der Waals surface area contributed by atoms with E-state index in [1.54, 1.807) is 11.3 Å². The van der Waals surface area contributed by atoms with Crippen molar-refractivity contribution < 1.29 is 4.74 Å². The molecule has 2 N–H and O–H groups in total. The zero-order valence-corrected chi connectivity index (χ0v) is 13.1. The molecular weight excluding hydrogens is 268 g/mol. The maximum atomic E-state index is 6.10. The average Bonchev–Trinajstić information content (AvgIpc) is 2.89. The van der Waals surface area contributed by atoms with Gasteiger partial charge in [0.15, 0.2) is 0 Å². The van der Waals surface area contributed by atoms with E-state index in [-0.39, 0.29) is 12.1 Å². The van der Waals surface area contributed by atoms with Crippen LogP contribution in [0.15, 0.2) is 29.6 Å². The summed E-state index contributed by atoms with van der Waals surface area (Å²) in [5.41, 5.74) is 8.20. The smallest absolute Gasteiger partial charge is 0.119 e. The third-order valence-corrected chi connectivity index (χ3v) is 3.94.